The van der Waals surface area contributed by atoms with Gasteiger partial charge in [0.25, 0.3) is 0 Å². The van der Waals surface area contributed by atoms with Crippen molar-refractivity contribution in [1.29, 1.82) is 0 Å². The predicted octanol–water partition coefficient (Wildman–Crippen LogP) is 0.844. The lowest BCUT2D eigenvalue weighted by Gasteiger charge is -2.38. The van der Waals surface area contributed by atoms with Crippen LogP contribution in [0.4, 0.5) is 17.1 Å². The van der Waals surface area contributed by atoms with Crippen LogP contribution in [0.3, 0.4) is 0 Å². The summed E-state index contributed by atoms with van der Waals surface area (Å²) >= 11 is 0. The highest BCUT2D eigenvalue weighted by molar-refractivity contribution is 6.63. The smallest absolute Gasteiger partial charge is 0.113 e. The lowest BCUT2D eigenvalue weighted by molar-refractivity contribution is 0.660. The lowest BCUT2D eigenvalue weighted by atomic mass is 9.62. The fourth-order valence-electron chi connectivity index (χ4n) is 12.4. The Morgan fingerprint density at radius 2 is 0.687 bits per heavy atom. The third kappa shape index (κ3) is 5.21. The summed E-state index contributed by atoms with van der Waals surface area (Å²) < 4.78 is 0. The van der Waals surface area contributed by atoms with E-state index in [1.54, 1.807) is 0 Å². The van der Waals surface area contributed by atoms with E-state index in [1.165, 1.54) is 44.5 Å². The van der Waals surface area contributed by atoms with Crippen LogP contribution in [0.2, 0.25) is 0 Å². The third-order valence-electron chi connectivity index (χ3n) is 15.7. The summed E-state index contributed by atoms with van der Waals surface area (Å²) in [7, 11) is 76.6. The summed E-state index contributed by atoms with van der Waals surface area (Å²) in [5.41, 5.74) is 17.7. The molecular weight excluding hydrogens is 794 g/mol. The summed E-state index contributed by atoms with van der Waals surface area (Å²) in [5, 5.41) is 0. The van der Waals surface area contributed by atoms with Gasteiger partial charge in [0.05, 0.1) is 11.1 Å². The number of hydrogen-bond acceptors (Lipinski definition) is 1. The molecule has 0 saturated carbocycles. The van der Waals surface area contributed by atoms with Crippen molar-refractivity contribution in [3.63, 3.8) is 0 Å². The Morgan fingerprint density at radius 3 is 1.10 bits per heavy atom. The van der Waals surface area contributed by atoms with Gasteiger partial charge in [-0.2, -0.15) is 0 Å². The minimum Gasteiger partial charge on any atom is -0.310 e. The van der Waals surface area contributed by atoms with E-state index < -0.39 is 5.41 Å². The molecule has 0 saturated heterocycles. The number of hydrogen-bond donors (Lipinski definition) is 0. The Labute approximate surface area is 408 Å². The van der Waals surface area contributed by atoms with Gasteiger partial charge in [-0.05, 0) is 114 Å². The average Bonchev–Trinajstić information content (AvgIpc) is 3.93. The van der Waals surface area contributed by atoms with E-state index in [2.05, 4.69) is 118 Å². The molecule has 12 heteroatoms. The molecule has 0 N–H and O–H groups in total. The van der Waals surface area contributed by atoms with Crippen molar-refractivity contribution in [3.05, 3.63) is 154 Å². The van der Waals surface area contributed by atoms with E-state index in [4.69, 9.17) is 86.3 Å². The maximum atomic E-state index is 7.32. The van der Waals surface area contributed by atoms with Crippen molar-refractivity contribution < 1.29 is 0 Å². The summed E-state index contributed by atoms with van der Waals surface area (Å²) in [6, 6.07) is 38.1. The van der Waals surface area contributed by atoms with Crippen LogP contribution in [-0.4, -0.2) is 86.3 Å². The summed E-state index contributed by atoms with van der Waals surface area (Å²) in [6.07, 6.45) is 0. The van der Waals surface area contributed by atoms with E-state index in [1.807, 2.05) is 24.3 Å². The summed E-state index contributed by atoms with van der Waals surface area (Å²) in [5.74, 6) is 0. The SMILES string of the molecule is [B]c1cc2c(c([B])c1[B])-c1c(cc([B])c([B])c1[B])C21c2cc([B])c([B])c([B])c2-c2c([B])c([B])cc(N(c3ccc4c(c3)C(C)(C)c3ccccc3-4)c3ccc4c(c3)C(C)(C)c3ccccc3-4)c21. The maximum absolute atomic E-state index is 7.32. The molecule has 22 radical (unpaired) electrons. The number of benzene rings is 8. The van der Waals surface area contributed by atoms with Gasteiger partial charge in [0.2, 0.25) is 0 Å². The molecule has 0 aliphatic heterocycles. The summed E-state index contributed by atoms with van der Waals surface area (Å²) in [6.45, 7) is 9.10. The molecule has 67 heavy (non-hydrogen) atoms. The molecule has 1 spiro atoms. The standard InChI is InChI=1S/C55H30B11N/c1-53(2)29-11-7-5-9-25(29)27-15-13-23(17-31(27)53)67(24-14-16-28-26-10-6-8-12-30(26)54(3,4)32(28)18-24)40-22-39(59)46(60)44-43-35(21-38(58)49(63)52(43)66)55(45(40)44)33-19-36(56)47(61)50(64)41(33)42-34(55)20-37(57)48(62)51(42)65/h5-22H,1-4H3. The number of anilines is 3. The summed E-state index contributed by atoms with van der Waals surface area (Å²) in [4.78, 5) is 2.27. The first-order valence-corrected chi connectivity index (χ1v) is 22.3. The zero-order chi connectivity index (χ0) is 47.1. The lowest BCUT2D eigenvalue weighted by Crippen LogP contribution is -2.43. The topological polar surface area (TPSA) is 3.24 Å². The van der Waals surface area contributed by atoms with E-state index >= 15 is 0 Å². The zero-order valence-electron chi connectivity index (χ0n) is 37.7. The molecule has 8 aromatic rings. The third-order valence-corrected chi connectivity index (χ3v) is 15.7. The molecule has 0 fully saturated rings. The van der Waals surface area contributed by atoms with Gasteiger partial charge >= 0.3 is 0 Å². The fraction of sp³-hybridized carbons (Fsp3) is 0.127. The number of nitrogens with zero attached hydrogens (tertiary/aromatic N) is 1. The Morgan fingerprint density at radius 1 is 0.328 bits per heavy atom. The van der Waals surface area contributed by atoms with Crippen LogP contribution in [0.15, 0.2) is 109 Å². The second-order valence-electron chi connectivity index (χ2n) is 19.7. The number of fused-ring (bicyclic) bond motifs is 16. The minimum absolute atomic E-state index is 0.202. The van der Waals surface area contributed by atoms with E-state index in [0.717, 1.165) is 11.4 Å². The van der Waals surface area contributed by atoms with E-state index in [0.29, 0.717) is 61.1 Å². The second kappa shape index (κ2) is 13.9. The largest absolute Gasteiger partial charge is 0.310 e. The quantitative estimate of drug-likeness (QED) is 0.239. The monoisotopic (exact) mass is 825 g/mol. The van der Waals surface area contributed by atoms with Crippen LogP contribution in [0.5, 0.6) is 0 Å². The molecule has 4 aliphatic rings. The van der Waals surface area contributed by atoms with Gasteiger partial charge in [-0.15, -0.1) is 38.2 Å². The Kier molecular flexibility index (Phi) is 8.86. The fourth-order valence-corrected chi connectivity index (χ4v) is 12.4. The first kappa shape index (κ1) is 42.6. The predicted molar refractivity (Wildman–Crippen MR) is 292 cm³/mol. The van der Waals surface area contributed by atoms with Crippen molar-refractivity contribution in [2.45, 2.75) is 43.9 Å². The van der Waals surface area contributed by atoms with Gasteiger partial charge in [-0.25, -0.2) is 0 Å². The van der Waals surface area contributed by atoms with Crippen LogP contribution >= 0.6 is 0 Å². The highest BCUT2D eigenvalue weighted by Crippen LogP contribution is 2.64. The second-order valence-corrected chi connectivity index (χ2v) is 19.7. The van der Waals surface area contributed by atoms with Gasteiger partial charge in [0.1, 0.15) is 86.3 Å². The zero-order valence-corrected chi connectivity index (χ0v) is 37.7. The Bertz CT molecular complexity index is 3430. The molecule has 12 rings (SSSR count). The molecule has 0 atom stereocenters. The maximum Gasteiger partial charge on any atom is 0.113 e. The van der Waals surface area contributed by atoms with Gasteiger partial charge in [-0.3, -0.25) is 0 Å². The molecule has 0 aromatic heterocycles. The minimum atomic E-state index is -1.36. The van der Waals surface area contributed by atoms with Crippen LogP contribution < -0.4 is 65.0 Å². The van der Waals surface area contributed by atoms with Crippen LogP contribution in [0.25, 0.3) is 44.5 Å². The molecule has 0 heterocycles. The van der Waals surface area contributed by atoms with Crippen LogP contribution in [-0.2, 0) is 16.2 Å². The molecule has 0 amide bonds. The first-order chi connectivity index (χ1) is 31.8. The Hall–Kier alpha value is -5.73. The average molecular weight is 824 g/mol. The van der Waals surface area contributed by atoms with Crippen molar-refractivity contribution in [1.82, 2.24) is 0 Å². The molecule has 4 aliphatic carbocycles. The first-order valence-electron chi connectivity index (χ1n) is 22.3. The van der Waals surface area contributed by atoms with Gasteiger partial charge in [0, 0.05) is 27.8 Å². The normalized spacial score (nSPS) is 15.3. The van der Waals surface area contributed by atoms with Gasteiger partial charge in [0.15, 0.2) is 0 Å². The van der Waals surface area contributed by atoms with Crippen LogP contribution in [0, 0.1) is 0 Å². The van der Waals surface area contributed by atoms with Gasteiger partial charge < -0.3 is 4.90 Å². The van der Waals surface area contributed by atoms with E-state index in [9.17, 15) is 0 Å². The van der Waals surface area contributed by atoms with Crippen molar-refractivity contribution in [2.75, 3.05) is 4.90 Å². The van der Waals surface area contributed by atoms with Crippen molar-refractivity contribution in [3.8, 4) is 44.5 Å². The highest BCUT2D eigenvalue weighted by Gasteiger charge is 2.55. The molecule has 0 bridgehead atoms. The Balaban J connectivity index is 1.27. The molecule has 1 nitrogen and oxygen atoms in total. The molecule has 288 valence electrons. The van der Waals surface area contributed by atoms with Gasteiger partial charge in [-0.1, -0.05) is 128 Å². The van der Waals surface area contributed by atoms with Crippen LogP contribution in [0.1, 0.15) is 72.2 Å². The molecule has 0 unspecified atom stereocenters. The highest BCUT2D eigenvalue weighted by atomic mass is 15.1. The molecular formula is C55H30B11N. The van der Waals surface area contributed by atoms with E-state index in [-0.39, 0.29) is 60.0 Å². The number of rotatable bonds is 3. The van der Waals surface area contributed by atoms with Crippen molar-refractivity contribution in [2.24, 2.45) is 0 Å². The van der Waals surface area contributed by atoms with Crippen molar-refractivity contribution >= 4 is 163 Å². The molecule has 8 aromatic carbocycles.